The summed E-state index contributed by atoms with van der Waals surface area (Å²) >= 11 is 0. The van der Waals surface area contributed by atoms with Crippen LogP contribution in [-0.2, 0) is 0 Å². The van der Waals surface area contributed by atoms with Gasteiger partial charge in [-0.2, -0.15) is 0 Å². The minimum absolute atomic E-state index is 0.0834. The molecule has 0 bridgehead atoms. The summed E-state index contributed by atoms with van der Waals surface area (Å²) in [6.45, 7) is 1.65. The van der Waals surface area contributed by atoms with Gasteiger partial charge in [0, 0.05) is 37.7 Å². The largest absolute Gasteiger partial charge is 0.360 e. The van der Waals surface area contributed by atoms with E-state index >= 15 is 0 Å². The lowest BCUT2D eigenvalue weighted by Crippen LogP contribution is -2.37. The van der Waals surface area contributed by atoms with Crippen LogP contribution in [0.3, 0.4) is 0 Å². The number of alkyl halides is 1. The lowest BCUT2D eigenvalue weighted by Gasteiger charge is -2.14. The van der Waals surface area contributed by atoms with Gasteiger partial charge >= 0.3 is 0 Å². The number of halogens is 1. The Balaban J connectivity index is 1.53. The predicted molar refractivity (Wildman–Crippen MR) is 66.8 cm³/mol. The Labute approximate surface area is 111 Å². The average Bonchev–Trinajstić information content (AvgIpc) is 2.96. The van der Waals surface area contributed by atoms with Crippen LogP contribution in [-0.4, -0.2) is 48.3 Å². The molecule has 1 aromatic rings. The van der Waals surface area contributed by atoms with E-state index in [0.29, 0.717) is 24.7 Å². The highest BCUT2D eigenvalue weighted by Gasteiger charge is 2.30. The molecule has 1 aliphatic carbocycles. The van der Waals surface area contributed by atoms with E-state index in [9.17, 15) is 9.18 Å². The molecule has 2 heterocycles. The third-order valence-electron chi connectivity index (χ3n) is 3.75. The van der Waals surface area contributed by atoms with Crippen LogP contribution >= 0.6 is 0 Å². The molecule has 1 atom stereocenters. The van der Waals surface area contributed by atoms with Crippen LogP contribution in [0.25, 0.3) is 0 Å². The van der Waals surface area contributed by atoms with Gasteiger partial charge in [0.2, 0.25) is 0 Å². The van der Waals surface area contributed by atoms with Crippen molar-refractivity contribution in [2.75, 3.05) is 26.3 Å². The number of carbonyl (C=O) groups excluding carboxylic acids is 1. The minimum Gasteiger partial charge on any atom is -0.360 e. The number of hydrogen-bond acceptors (Lipinski definition) is 4. The van der Waals surface area contributed by atoms with E-state index < -0.39 is 0 Å². The lowest BCUT2D eigenvalue weighted by molar-refractivity contribution is 0.0928. The number of rotatable bonds is 5. The number of likely N-dealkylation sites (tertiary alicyclic amines) is 1. The zero-order valence-electron chi connectivity index (χ0n) is 10.8. The van der Waals surface area contributed by atoms with Gasteiger partial charge in [0.25, 0.3) is 5.91 Å². The van der Waals surface area contributed by atoms with Crippen LogP contribution in [0.5, 0.6) is 0 Å². The lowest BCUT2D eigenvalue weighted by atomic mass is 10.2. The number of aromatic nitrogens is 1. The molecule has 0 unspecified atom stereocenters. The Kier molecular flexibility index (Phi) is 3.50. The highest BCUT2D eigenvalue weighted by atomic mass is 19.1. The maximum Gasteiger partial charge on any atom is 0.273 e. The summed E-state index contributed by atoms with van der Waals surface area (Å²) in [5.41, 5.74) is 0.353. The normalized spacial score (nSPS) is 23.7. The molecule has 1 amide bonds. The van der Waals surface area contributed by atoms with Crippen LogP contribution in [0.2, 0.25) is 0 Å². The average molecular weight is 267 g/mol. The van der Waals surface area contributed by atoms with Crippen LogP contribution in [0.4, 0.5) is 4.39 Å². The molecule has 104 valence electrons. The van der Waals surface area contributed by atoms with Gasteiger partial charge in [-0.25, -0.2) is 4.39 Å². The van der Waals surface area contributed by atoms with Crippen molar-refractivity contribution in [1.82, 2.24) is 15.4 Å². The molecule has 1 aliphatic heterocycles. The first kappa shape index (κ1) is 12.6. The summed E-state index contributed by atoms with van der Waals surface area (Å²) in [6.07, 6.45) is 3.10. The third kappa shape index (κ3) is 2.94. The summed E-state index contributed by atoms with van der Waals surface area (Å²) in [5.74, 6) is 1.08. The summed E-state index contributed by atoms with van der Waals surface area (Å²) in [7, 11) is 0. The molecule has 1 aromatic heterocycles. The van der Waals surface area contributed by atoms with Gasteiger partial charge in [-0.15, -0.1) is 0 Å². The summed E-state index contributed by atoms with van der Waals surface area (Å²) in [6, 6.07) is 1.82. The first-order chi connectivity index (χ1) is 9.26. The van der Waals surface area contributed by atoms with Crippen molar-refractivity contribution in [1.29, 1.82) is 0 Å². The monoisotopic (exact) mass is 267 g/mol. The van der Waals surface area contributed by atoms with E-state index in [0.717, 1.165) is 31.6 Å². The Morgan fingerprint density at radius 1 is 1.53 bits per heavy atom. The van der Waals surface area contributed by atoms with Gasteiger partial charge in [0.05, 0.1) is 0 Å². The van der Waals surface area contributed by atoms with E-state index in [4.69, 9.17) is 4.52 Å². The second-order valence-corrected chi connectivity index (χ2v) is 5.34. The zero-order chi connectivity index (χ0) is 13.2. The highest BCUT2D eigenvalue weighted by molar-refractivity contribution is 5.92. The van der Waals surface area contributed by atoms with Crippen molar-refractivity contribution in [2.24, 2.45) is 0 Å². The molecule has 3 rings (SSSR count). The smallest absolute Gasteiger partial charge is 0.273 e. The van der Waals surface area contributed by atoms with Crippen LogP contribution in [0.1, 0.15) is 41.4 Å². The Morgan fingerprint density at radius 3 is 3.11 bits per heavy atom. The third-order valence-corrected chi connectivity index (χ3v) is 3.75. The van der Waals surface area contributed by atoms with E-state index in [-0.39, 0.29) is 18.6 Å². The molecule has 5 nitrogen and oxygen atoms in total. The molecule has 1 saturated carbocycles. The fourth-order valence-corrected chi connectivity index (χ4v) is 2.49. The standard InChI is InChI=1S/C13H18FN3O2/c14-4-6-17-5-3-10(8-17)15-13(18)11-7-12(19-16-11)9-1-2-9/h7,9-10H,1-6,8H2,(H,15,18)/t10-/m0/s1. The number of amides is 1. The first-order valence-corrected chi connectivity index (χ1v) is 6.82. The van der Waals surface area contributed by atoms with E-state index in [1.165, 1.54) is 0 Å². The molecular formula is C13H18FN3O2. The molecule has 2 fully saturated rings. The van der Waals surface area contributed by atoms with Gasteiger partial charge in [0.15, 0.2) is 5.69 Å². The Hall–Kier alpha value is -1.43. The summed E-state index contributed by atoms with van der Waals surface area (Å²) in [5, 5.41) is 6.74. The predicted octanol–water partition coefficient (Wildman–Crippen LogP) is 1.33. The fourth-order valence-electron chi connectivity index (χ4n) is 2.49. The van der Waals surface area contributed by atoms with Crippen molar-refractivity contribution in [3.63, 3.8) is 0 Å². The second-order valence-electron chi connectivity index (χ2n) is 5.34. The van der Waals surface area contributed by atoms with Crippen molar-refractivity contribution in [3.05, 3.63) is 17.5 Å². The van der Waals surface area contributed by atoms with Crippen LogP contribution < -0.4 is 5.32 Å². The van der Waals surface area contributed by atoms with Crippen LogP contribution in [0.15, 0.2) is 10.6 Å². The van der Waals surface area contributed by atoms with Crippen molar-refractivity contribution < 1.29 is 13.7 Å². The number of nitrogens with one attached hydrogen (secondary N) is 1. The highest BCUT2D eigenvalue weighted by Crippen LogP contribution is 2.40. The number of hydrogen-bond donors (Lipinski definition) is 1. The number of nitrogens with zero attached hydrogens (tertiary/aromatic N) is 2. The molecule has 19 heavy (non-hydrogen) atoms. The minimum atomic E-state index is -0.339. The van der Waals surface area contributed by atoms with Gasteiger partial charge in [-0.1, -0.05) is 5.16 Å². The summed E-state index contributed by atoms with van der Waals surface area (Å²) in [4.78, 5) is 14.0. The van der Waals surface area contributed by atoms with E-state index in [1.807, 2.05) is 4.90 Å². The maximum atomic E-state index is 12.2. The Morgan fingerprint density at radius 2 is 2.37 bits per heavy atom. The molecule has 0 radical (unpaired) electrons. The molecule has 6 heteroatoms. The molecule has 0 spiro atoms. The Bertz CT molecular complexity index is 458. The molecule has 2 aliphatic rings. The first-order valence-electron chi connectivity index (χ1n) is 6.82. The molecule has 1 N–H and O–H groups in total. The zero-order valence-corrected chi connectivity index (χ0v) is 10.8. The fraction of sp³-hybridized carbons (Fsp3) is 0.692. The van der Waals surface area contributed by atoms with Gasteiger partial charge in [-0.05, 0) is 19.3 Å². The molecule has 1 saturated heterocycles. The van der Waals surface area contributed by atoms with Gasteiger partial charge < -0.3 is 9.84 Å². The molecular weight excluding hydrogens is 249 g/mol. The quantitative estimate of drug-likeness (QED) is 0.874. The van der Waals surface area contributed by atoms with Gasteiger partial charge in [0.1, 0.15) is 12.4 Å². The molecule has 0 aromatic carbocycles. The topological polar surface area (TPSA) is 58.4 Å². The maximum absolute atomic E-state index is 12.2. The SMILES string of the molecule is O=C(N[C@H]1CCN(CCF)C1)c1cc(C2CC2)on1. The number of carbonyl (C=O) groups is 1. The second kappa shape index (κ2) is 5.28. The van der Waals surface area contributed by atoms with E-state index in [1.54, 1.807) is 6.07 Å². The van der Waals surface area contributed by atoms with Crippen molar-refractivity contribution >= 4 is 5.91 Å². The van der Waals surface area contributed by atoms with Crippen molar-refractivity contribution in [3.8, 4) is 0 Å². The van der Waals surface area contributed by atoms with Crippen LogP contribution in [0, 0.1) is 0 Å². The van der Waals surface area contributed by atoms with Gasteiger partial charge in [-0.3, -0.25) is 9.69 Å². The van der Waals surface area contributed by atoms with E-state index in [2.05, 4.69) is 10.5 Å². The summed E-state index contributed by atoms with van der Waals surface area (Å²) < 4.78 is 17.4. The van der Waals surface area contributed by atoms with Crippen molar-refractivity contribution in [2.45, 2.75) is 31.2 Å².